The van der Waals surface area contributed by atoms with E-state index in [4.69, 9.17) is 0 Å². The summed E-state index contributed by atoms with van der Waals surface area (Å²) >= 11 is 0. The van der Waals surface area contributed by atoms with Crippen molar-refractivity contribution in [2.75, 3.05) is 5.32 Å². The molecule has 2 rings (SSSR count). The van der Waals surface area contributed by atoms with Crippen molar-refractivity contribution in [3.05, 3.63) is 23.4 Å². The van der Waals surface area contributed by atoms with Crippen molar-refractivity contribution in [1.29, 1.82) is 0 Å². The largest absolute Gasteiger partial charge is 0.367 e. The van der Waals surface area contributed by atoms with Crippen molar-refractivity contribution < 1.29 is 1.43 Å². The first-order chi connectivity index (χ1) is 6.75. The third kappa shape index (κ3) is 2.47. The maximum absolute atomic E-state index is 4.45. The molecule has 0 saturated heterocycles. The van der Waals surface area contributed by atoms with Crippen molar-refractivity contribution >= 4 is 5.82 Å². The highest BCUT2D eigenvalue weighted by atomic mass is 15.0. The monoisotopic (exact) mass is 194 g/mol. The third-order valence-electron chi connectivity index (χ3n) is 2.35. The maximum atomic E-state index is 4.45. The van der Waals surface area contributed by atoms with Crippen LogP contribution in [0, 0.1) is 6.92 Å². The van der Waals surface area contributed by atoms with Gasteiger partial charge in [0.2, 0.25) is 0 Å². The summed E-state index contributed by atoms with van der Waals surface area (Å²) in [5.41, 5.74) is 2.45. The van der Waals surface area contributed by atoms with Crippen molar-refractivity contribution in [2.45, 2.75) is 46.6 Å². The minimum atomic E-state index is 0. The van der Waals surface area contributed by atoms with Crippen molar-refractivity contribution in [2.24, 2.45) is 0 Å². The molecule has 0 spiro atoms. The Bertz CT molecular complexity index is 300. The van der Waals surface area contributed by atoms with E-state index in [2.05, 4.69) is 29.4 Å². The topological polar surface area (TPSA) is 24.9 Å². The van der Waals surface area contributed by atoms with Gasteiger partial charge in [-0.1, -0.05) is 19.9 Å². The van der Waals surface area contributed by atoms with E-state index in [1.807, 2.05) is 20.8 Å². The lowest BCUT2D eigenvalue weighted by atomic mass is 10.0. The zero-order chi connectivity index (χ0) is 10.6. The summed E-state index contributed by atoms with van der Waals surface area (Å²) in [4.78, 5) is 4.45. The molecule has 0 radical (unpaired) electrons. The molecule has 0 fully saturated rings. The summed E-state index contributed by atoms with van der Waals surface area (Å²) < 4.78 is 0. The van der Waals surface area contributed by atoms with E-state index >= 15 is 0 Å². The second kappa shape index (κ2) is 4.99. The van der Waals surface area contributed by atoms with Gasteiger partial charge in [-0.3, -0.25) is 0 Å². The fraction of sp³-hybridized carbons (Fsp3) is 0.583. The predicted octanol–water partition coefficient (Wildman–Crippen LogP) is 3.41. The molecule has 0 aromatic carbocycles. The summed E-state index contributed by atoms with van der Waals surface area (Å²) in [6.07, 6.45) is 2.38. The molecule has 0 aliphatic carbocycles. The van der Waals surface area contributed by atoms with Crippen LogP contribution in [0.3, 0.4) is 0 Å². The number of nitrogens with zero attached hydrogens (tertiary/aromatic N) is 1. The van der Waals surface area contributed by atoms with Crippen molar-refractivity contribution in [1.82, 2.24) is 4.98 Å². The van der Waals surface area contributed by atoms with Crippen LogP contribution in [0.4, 0.5) is 5.82 Å². The Morgan fingerprint density at radius 3 is 2.86 bits per heavy atom. The molecular formula is C12H22N2. The quantitative estimate of drug-likeness (QED) is 0.684. The van der Waals surface area contributed by atoms with Gasteiger partial charge in [-0.25, -0.2) is 4.98 Å². The second-order valence-electron chi connectivity index (χ2n) is 3.54. The average molecular weight is 194 g/mol. The lowest BCUT2D eigenvalue weighted by Crippen LogP contribution is -2.22. The van der Waals surface area contributed by atoms with Gasteiger partial charge in [0.1, 0.15) is 5.82 Å². The van der Waals surface area contributed by atoms with Gasteiger partial charge in [-0.15, -0.1) is 0 Å². The van der Waals surface area contributed by atoms with Crippen LogP contribution in [0.2, 0.25) is 0 Å². The number of anilines is 1. The molecule has 1 N–H and O–H groups in total. The van der Waals surface area contributed by atoms with Crippen LogP contribution < -0.4 is 5.32 Å². The number of rotatable bonds is 0. The van der Waals surface area contributed by atoms with Gasteiger partial charge < -0.3 is 5.32 Å². The molecule has 1 aromatic rings. The Hall–Kier alpha value is -1.05. The molecule has 14 heavy (non-hydrogen) atoms. The first-order valence-corrected chi connectivity index (χ1v) is 5.49. The summed E-state index contributed by atoms with van der Waals surface area (Å²) in [6, 6.07) is 4.83. The predicted molar refractivity (Wildman–Crippen MR) is 63.8 cm³/mol. The number of fused-ring (bicyclic) bond motifs is 1. The molecule has 2 heteroatoms. The van der Waals surface area contributed by atoms with Crippen LogP contribution in [0.5, 0.6) is 0 Å². The van der Waals surface area contributed by atoms with E-state index in [1.54, 1.807) is 0 Å². The van der Waals surface area contributed by atoms with Crippen LogP contribution in [0.15, 0.2) is 12.1 Å². The summed E-state index contributed by atoms with van der Waals surface area (Å²) in [5.74, 6) is 1.09. The molecule has 1 atom stereocenters. The Morgan fingerprint density at radius 2 is 2.14 bits per heavy atom. The molecule has 1 aliphatic rings. The first kappa shape index (κ1) is 11.0. The summed E-state index contributed by atoms with van der Waals surface area (Å²) in [7, 11) is 0. The standard InChI is InChI=1S/C10H14N2.C2H6.H2/c1-7-3-5-9-6-4-8(2)12-10(9)11-7;1-2;/h3,5,8H,4,6H2,1-2H3,(H,11,12);1-2H3;1H. The molecule has 2 heterocycles. The summed E-state index contributed by atoms with van der Waals surface area (Å²) in [6.45, 7) is 8.23. The molecule has 0 amide bonds. The minimum Gasteiger partial charge on any atom is -0.367 e. The van der Waals surface area contributed by atoms with Gasteiger partial charge in [-0.05, 0) is 38.3 Å². The molecule has 0 saturated carbocycles. The fourth-order valence-electron chi connectivity index (χ4n) is 1.59. The molecule has 1 aromatic heterocycles. The first-order valence-electron chi connectivity index (χ1n) is 5.49. The number of nitrogens with one attached hydrogen (secondary N) is 1. The number of hydrogen-bond donors (Lipinski definition) is 1. The Labute approximate surface area is 88.2 Å². The molecule has 1 aliphatic heterocycles. The van der Waals surface area contributed by atoms with E-state index < -0.39 is 0 Å². The molecule has 1 unspecified atom stereocenters. The maximum Gasteiger partial charge on any atom is 0.129 e. The minimum absolute atomic E-state index is 0. The lowest BCUT2D eigenvalue weighted by molar-refractivity contribution is 0.673. The number of hydrogen-bond acceptors (Lipinski definition) is 2. The van der Waals surface area contributed by atoms with Crippen LogP contribution in [-0.2, 0) is 6.42 Å². The number of aromatic nitrogens is 1. The number of aryl methyl sites for hydroxylation is 2. The Balaban J connectivity index is 0.000000617. The lowest BCUT2D eigenvalue weighted by Gasteiger charge is -2.22. The fourth-order valence-corrected chi connectivity index (χ4v) is 1.59. The normalized spacial score (nSPS) is 18.7. The summed E-state index contributed by atoms with van der Waals surface area (Å²) in [5, 5.41) is 3.39. The second-order valence-corrected chi connectivity index (χ2v) is 3.54. The van der Waals surface area contributed by atoms with Gasteiger partial charge >= 0.3 is 0 Å². The van der Waals surface area contributed by atoms with Crippen LogP contribution in [0.1, 0.15) is 39.9 Å². The van der Waals surface area contributed by atoms with Crippen LogP contribution >= 0.6 is 0 Å². The molecular weight excluding hydrogens is 172 g/mol. The van der Waals surface area contributed by atoms with Gasteiger partial charge in [0.05, 0.1) is 0 Å². The molecule has 2 nitrogen and oxygen atoms in total. The zero-order valence-corrected chi connectivity index (χ0v) is 9.59. The van der Waals surface area contributed by atoms with Crippen molar-refractivity contribution in [3.8, 4) is 0 Å². The highest BCUT2D eigenvalue weighted by molar-refractivity contribution is 5.47. The third-order valence-corrected chi connectivity index (χ3v) is 2.35. The Kier molecular flexibility index (Phi) is 3.93. The van der Waals surface area contributed by atoms with Gasteiger partial charge in [0, 0.05) is 13.2 Å². The van der Waals surface area contributed by atoms with E-state index in [0.29, 0.717) is 6.04 Å². The van der Waals surface area contributed by atoms with Crippen LogP contribution in [-0.4, -0.2) is 11.0 Å². The average Bonchev–Trinajstić information content (AvgIpc) is 2.20. The Morgan fingerprint density at radius 1 is 1.43 bits per heavy atom. The van der Waals surface area contributed by atoms with Gasteiger partial charge in [0.15, 0.2) is 0 Å². The highest BCUT2D eigenvalue weighted by Crippen LogP contribution is 2.22. The van der Waals surface area contributed by atoms with Crippen molar-refractivity contribution in [3.63, 3.8) is 0 Å². The highest BCUT2D eigenvalue weighted by Gasteiger charge is 2.14. The number of pyridine rings is 1. The van der Waals surface area contributed by atoms with E-state index in [-0.39, 0.29) is 1.43 Å². The molecule has 0 bridgehead atoms. The zero-order valence-electron chi connectivity index (χ0n) is 9.59. The smallest absolute Gasteiger partial charge is 0.129 e. The van der Waals surface area contributed by atoms with Gasteiger partial charge in [-0.2, -0.15) is 0 Å². The molecule has 80 valence electrons. The van der Waals surface area contributed by atoms with E-state index in [1.165, 1.54) is 12.0 Å². The van der Waals surface area contributed by atoms with E-state index in [9.17, 15) is 0 Å². The van der Waals surface area contributed by atoms with E-state index in [0.717, 1.165) is 17.9 Å². The SMILES string of the molecule is CC.Cc1ccc2c(n1)NC(C)CC2.[HH]. The van der Waals surface area contributed by atoms with Crippen LogP contribution in [0.25, 0.3) is 0 Å². The van der Waals surface area contributed by atoms with Gasteiger partial charge in [0.25, 0.3) is 0 Å².